The molecule has 0 aliphatic carbocycles. The third-order valence-corrected chi connectivity index (χ3v) is 3.86. The third-order valence-electron chi connectivity index (χ3n) is 3.62. The van der Waals surface area contributed by atoms with Gasteiger partial charge in [0.15, 0.2) is 6.61 Å². The number of hydrogen-bond acceptors (Lipinski definition) is 2. The van der Waals surface area contributed by atoms with Crippen LogP contribution in [-0.2, 0) is 4.79 Å². The van der Waals surface area contributed by atoms with E-state index >= 15 is 0 Å². The predicted molar refractivity (Wildman–Crippen MR) is 76.7 cm³/mol. The highest BCUT2D eigenvalue weighted by Crippen LogP contribution is 2.22. The lowest BCUT2D eigenvalue weighted by Gasteiger charge is -2.30. The largest absolute Gasteiger partial charge is 0.483 e. The van der Waals surface area contributed by atoms with E-state index in [2.05, 4.69) is 6.92 Å². The highest BCUT2D eigenvalue weighted by molar-refractivity contribution is 6.30. The normalized spacial score (nSPS) is 16.5. The molecule has 104 valence electrons. The monoisotopic (exact) mass is 281 g/mol. The lowest BCUT2D eigenvalue weighted by atomic mass is 9.99. The molecule has 1 saturated heterocycles. The molecular formula is C15H20ClNO2. The van der Waals surface area contributed by atoms with Crippen molar-refractivity contribution in [3.8, 4) is 5.75 Å². The molecule has 1 aliphatic rings. The van der Waals surface area contributed by atoms with E-state index < -0.39 is 0 Å². The van der Waals surface area contributed by atoms with Crippen LogP contribution >= 0.6 is 11.6 Å². The van der Waals surface area contributed by atoms with Gasteiger partial charge in [-0.3, -0.25) is 4.79 Å². The molecule has 0 saturated carbocycles. The Labute approximate surface area is 119 Å². The van der Waals surface area contributed by atoms with Crippen LogP contribution in [0.4, 0.5) is 0 Å². The Morgan fingerprint density at radius 1 is 1.42 bits per heavy atom. The summed E-state index contributed by atoms with van der Waals surface area (Å²) < 4.78 is 5.58. The molecule has 0 aromatic heterocycles. The van der Waals surface area contributed by atoms with Crippen molar-refractivity contribution in [1.29, 1.82) is 0 Å². The molecule has 0 spiro atoms. The van der Waals surface area contributed by atoms with Gasteiger partial charge in [0, 0.05) is 18.1 Å². The van der Waals surface area contributed by atoms with Crippen molar-refractivity contribution in [3.05, 3.63) is 28.8 Å². The van der Waals surface area contributed by atoms with Gasteiger partial charge in [-0.05, 0) is 49.4 Å². The molecule has 3 nitrogen and oxygen atoms in total. The second-order valence-electron chi connectivity index (χ2n) is 5.26. The van der Waals surface area contributed by atoms with Gasteiger partial charge in [-0.15, -0.1) is 0 Å². The van der Waals surface area contributed by atoms with Gasteiger partial charge >= 0.3 is 0 Å². The third kappa shape index (κ3) is 3.87. The van der Waals surface area contributed by atoms with Gasteiger partial charge in [0.2, 0.25) is 0 Å². The zero-order valence-corrected chi connectivity index (χ0v) is 12.2. The first-order chi connectivity index (χ1) is 9.06. The minimum absolute atomic E-state index is 0.0706. The van der Waals surface area contributed by atoms with Crippen molar-refractivity contribution in [2.75, 3.05) is 19.7 Å². The fourth-order valence-electron chi connectivity index (χ4n) is 2.26. The van der Waals surface area contributed by atoms with E-state index in [0.29, 0.717) is 5.02 Å². The summed E-state index contributed by atoms with van der Waals surface area (Å²) in [5.41, 5.74) is 0.951. The number of likely N-dealkylation sites (tertiary alicyclic amines) is 1. The second kappa shape index (κ2) is 6.29. The zero-order valence-electron chi connectivity index (χ0n) is 11.5. The first kappa shape index (κ1) is 14.2. The van der Waals surface area contributed by atoms with Crippen molar-refractivity contribution in [2.45, 2.75) is 26.7 Å². The molecule has 1 heterocycles. The Morgan fingerprint density at radius 2 is 2.11 bits per heavy atom. The molecule has 0 unspecified atom stereocenters. The average molecular weight is 282 g/mol. The Hall–Kier alpha value is -1.22. The van der Waals surface area contributed by atoms with E-state index in [0.717, 1.165) is 43.2 Å². The lowest BCUT2D eigenvalue weighted by molar-refractivity contribution is -0.134. The van der Waals surface area contributed by atoms with Gasteiger partial charge in [-0.25, -0.2) is 0 Å². The van der Waals surface area contributed by atoms with Gasteiger partial charge in [-0.2, -0.15) is 0 Å². The minimum atomic E-state index is 0.0706. The molecule has 0 atom stereocenters. The number of amides is 1. The molecular weight excluding hydrogens is 262 g/mol. The number of aryl methyl sites for hydroxylation is 1. The molecule has 0 radical (unpaired) electrons. The maximum absolute atomic E-state index is 12.0. The average Bonchev–Trinajstić information content (AvgIpc) is 2.38. The van der Waals surface area contributed by atoms with Gasteiger partial charge < -0.3 is 9.64 Å². The Balaban J connectivity index is 1.86. The fraction of sp³-hybridized carbons (Fsp3) is 0.533. The number of piperidine rings is 1. The Bertz CT molecular complexity index is 453. The summed E-state index contributed by atoms with van der Waals surface area (Å²) in [7, 11) is 0. The molecule has 0 N–H and O–H groups in total. The van der Waals surface area contributed by atoms with E-state index in [1.807, 2.05) is 24.0 Å². The maximum atomic E-state index is 12.0. The van der Waals surface area contributed by atoms with Gasteiger partial charge in [0.25, 0.3) is 5.91 Å². The van der Waals surface area contributed by atoms with Crippen LogP contribution in [0.3, 0.4) is 0 Å². The fourth-order valence-corrected chi connectivity index (χ4v) is 2.49. The number of rotatable bonds is 3. The zero-order chi connectivity index (χ0) is 13.8. The standard InChI is InChI=1S/C15H20ClNO2/c1-11-5-7-17(8-6-11)15(18)10-19-14-4-3-13(16)9-12(14)2/h3-4,9,11H,5-8,10H2,1-2H3. The van der Waals surface area contributed by atoms with E-state index in [1.54, 1.807) is 6.07 Å². The molecule has 0 bridgehead atoms. The van der Waals surface area contributed by atoms with E-state index in [-0.39, 0.29) is 12.5 Å². The lowest BCUT2D eigenvalue weighted by Crippen LogP contribution is -2.40. The van der Waals surface area contributed by atoms with Crippen molar-refractivity contribution in [2.24, 2.45) is 5.92 Å². The summed E-state index contributed by atoms with van der Waals surface area (Å²) in [4.78, 5) is 13.9. The van der Waals surface area contributed by atoms with Crippen molar-refractivity contribution in [1.82, 2.24) is 4.90 Å². The Morgan fingerprint density at radius 3 is 2.74 bits per heavy atom. The summed E-state index contributed by atoms with van der Waals surface area (Å²) in [6, 6.07) is 5.42. The molecule has 1 aromatic carbocycles. The van der Waals surface area contributed by atoms with E-state index in [9.17, 15) is 4.79 Å². The topological polar surface area (TPSA) is 29.5 Å². The number of hydrogen-bond donors (Lipinski definition) is 0. The number of nitrogens with zero attached hydrogens (tertiary/aromatic N) is 1. The number of ether oxygens (including phenoxy) is 1. The number of carbonyl (C=O) groups excluding carboxylic acids is 1. The number of carbonyl (C=O) groups is 1. The van der Waals surface area contributed by atoms with Crippen LogP contribution in [-0.4, -0.2) is 30.5 Å². The van der Waals surface area contributed by atoms with Gasteiger partial charge in [-0.1, -0.05) is 18.5 Å². The summed E-state index contributed by atoms with van der Waals surface area (Å²) in [5.74, 6) is 1.52. The Kier molecular flexibility index (Phi) is 4.70. The van der Waals surface area contributed by atoms with Crippen LogP contribution in [0.1, 0.15) is 25.3 Å². The van der Waals surface area contributed by atoms with E-state index in [4.69, 9.17) is 16.3 Å². The summed E-state index contributed by atoms with van der Waals surface area (Å²) >= 11 is 5.88. The SMILES string of the molecule is Cc1cc(Cl)ccc1OCC(=O)N1CCC(C)CC1. The minimum Gasteiger partial charge on any atom is -0.483 e. The summed E-state index contributed by atoms with van der Waals surface area (Å²) in [6.07, 6.45) is 2.18. The summed E-state index contributed by atoms with van der Waals surface area (Å²) in [5, 5.41) is 0.682. The molecule has 1 fully saturated rings. The molecule has 2 rings (SSSR count). The maximum Gasteiger partial charge on any atom is 0.260 e. The van der Waals surface area contributed by atoms with Crippen LogP contribution in [0.5, 0.6) is 5.75 Å². The summed E-state index contributed by atoms with van der Waals surface area (Å²) in [6.45, 7) is 5.96. The van der Waals surface area contributed by atoms with Crippen LogP contribution in [0.2, 0.25) is 5.02 Å². The van der Waals surface area contributed by atoms with Crippen LogP contribution in [0, 0.1) is 12.8 Å². The van der Waals surface area contributed by atoms with E-state index in [1.165, 1.54) is 0 Å². The van der Waals surface area contributed by atoms with Crippen LogP contribution < -0.4 is 4.74 Å². The molecule has 1 amide bonds. The van der Waals surface area contributed by atoms with Crippen molar-refractivity contribution in [3.63, 3.8) is 0 Å². The van der Waals surface area contributed by atoms with Gasteiger partial charge in [0.05, 0.1) is 0 Å². The quantitative estimate of drug-likeness (QED) is 0.851. The highest BCUT2D eigenvalue weighted by Gasteiger charge is 2.20. The first-order valence-electron chi connectivity index (χ1n) is 6.73. The smallest absolute Gasteiger partial charge is 0.260 e. The van der Waals surface area contributed by atoms with Crippen molar-refractivity contribution < 1.29 is 9.53 Å². The van der Waals surface area contributed by atoms with Crippen molar-refractivity contribution >= 4 is 17.5 Å². The predicted octanol–water partition coefficient (Wildman–Crippen LogP) is 3.29. The second-order valence-corrected chi connectivity index (χ2v) is 5.70. The molecule has 1 aliphatic heterocycles. The molecule has 19 heavy (non-hydrogen) atoms. The molecule has 4 heteroatoms. The highest BCUT2D eigenvalue weighted by atomic mass is 35.5. The number of halogens is 1. The molecule has 1 aromatic rings. The van der Waals surface area contributed by atoms with Crippen LogP contribution in [0.25, 0.3) is 0 Å². The van der Waals surface area contributed by atoms with Gasteiger partial charge in [0.1, 0.15) is 5.75 Å². The van der Waals surface area contributed by atoms with Crippen LogP contribution in [0.15, 0.2) is 18.2 Å². The number of benzene rings is 1. The first-order valence-corrected chi connectivity index (χ1v) is 7.11.